The summed E-state index contributed by atoms with van der Waals surface area (Å²) in [7, 11) is 0. The minimum absolute atomic E-state index is 0.139. The van der Waals surface area contributed by atoms with Gasteiger partial charge in [-0.1, -0.05) is 16.8 Å². The molecule has 1 N–H and O–H groups in total. The number of pyridine rings is 1. The summed E-state index contributed by atoms with van der Waals surface area (Å²) in [5, 5.41) is 4.55. The molecule has 0 saturated carbocycles. The van der Waals surface area contributed by atoms with Crippen LogP contribution in [0.15, 0.2) is 35.1 Å². The Morgan fingerprint density at radius 3 is 3.07 bits per heavy atom. The maximum absolute atomic E-state index is 13.0. The van der Waals surface area contributed by atoms with E-state index in [1.54, 1.807) is 17.2 Å². The van der Waals surface area contributed by atoms with Gasteiger partial charge in [-0.3, -0.25) is 4.79 Å². The molecule has 27 heavy (non-hydrogen) atoms. The van der Waals surface area contributed by atoms with Crippen LogP contribution in [0.5, 0.6) is 0 Å². The van der Waals surface area contributed by atoms with Gasteiger partial charge >= 0.3 is 0 Å². The molecule has 9 heteroatoms. The van der Waals surface area contributed by atoms with E-state index in [4.69, 9.17) is 16.1 Å². The normalized spacial score (nSPS) is 17.3. The van der Waals surface area contributed by atoms with Crippen molar-refractivity contribution in [3.63, 3.8) is 0 Å². The number of amides is 1. The number of carbonyl (C=O) groups excluding carboxylic acids is 1. The highest BCUT2D eigenvalue weighted by Gasteiger charge is 2.26. The van der Waals surface area contributed by atoms with Crippen LogP contribution in [0.2, 0.25) is 5.02 Å². The number of likely N-dealkylation sites (tertiary alicyclic amines) is 1. The molecule has 0 radical (unpaired) electrons. The molecule has 1 aliphatic rings. The van der Waals surface area contributed by atoms with Gasteiger partial charge in [-0.25, -0.2) is 4.98 Å². The van der Waals surface area contributed by atoms with Crippen molar-refractivity contribution >= 4 is 17.5 Å². The van der Waals surface area contributed by atoms with Crippen molar-refractivity contribution in [2.24, 2.45) is 5.92 Å². The van der Waals surface area contributed by atoms with Crippen LogP contribution in [0.1, 0.15) is 29.1 Å². The zero-order valence-electron chi connectivity index (χ0n) is 14.4. The molecular weight excluding hydrogens is 373 g/mol. The fourth-order valence-electron chi connectivity index (χ4n) is 3.29. The van der Waals surface area contributed by atoms with Gasteiger partial charge in [0.05, 0.1) is 16.3 Å². The monoisotopic (exact) mass is 389 g/mol. The molecule has 1 fully saturated rings. The first-order valence-corrected chi connectivity index (χ1v) is 9.04. The van der Waals surface area contributed by atoms with Gasteiger partial charge in [0, 0.05) is 31.9 Å². The molecular formula is C18H17ClFN5O2. The van der Waals surface area contributed by atoms with Crippen molar-refractivity contribution in [1.29, 1.82) is 0 Å². The van der Waals surface area contributed by atoms with E-state index in [0.717, 1.165) is 12.8 Å². The van der Waals surface area contributed by atoms with Crippen LogP contribution in [0.3, 0.4) is 0 Å². The first-order valence-electron chi connectivity index (χ1n) is 8.66. The number of hydrogen-bond donors (Lipinski definition) is 1. The largest absolute Gasteiger partial charge is 0.357 e. The van der Waals surface area contributed by atoms with E-state index in [-0.39, 0.29) is 11.8 Å². The van der Waals surface area contributed by atoms with Crippen molar-refractivity contribution in [2.45, 2.75) is 19.3 Å². The van der Waals surface area contributed by atoms with Gasteiger partial charge in [-0.05, 0) is 37.0 Å². The molecule has 1 atom stereocenters. The average molecular weight is 390 g/mol. The van der Waals surface area contributed by atoms with Crippen molar-refractivity contribution in [3.05, 3.63) is 53.0 Å². The lowest BCUT2D eigenvalue weighted by molar-refractivity contribution is 0.0667. The summed E-state index contributed by atoms with van der Waals surface area (Å²) in [6.45, 7) is 1.25. The Kier molecular flexibility index (Phi) is 4.89. The highest BCUT2D eigenvalue weighted by Crippen LogP contribution is 2.24. The maximum atomic E-state index is 13.0. The third-order valence-electron chi connectivity index (χ3n) is 4.60. The number of nitrogens with zero attached hydrogens (tertiary/aromatic N) is 4. The lowest BCUT2D eigenvalue weighted by Gasteiger charge is -2.32. The van der Waals surface area contributed by atoms with Crippen LogP contribution in [-0.2, 0) is 6.42 Å². The summed E-state index contributed by atoms with van der Waals surface area (Å²) in [4.78, 5) is 25.3. The SMILES string of the molecule is O=C(c1ccc(F)nc1)N1CCC[C@H](Cc2nc(-c3cc(Cl)c[nH]3)no2)C1. The molecule has 4 heterocycles. The third kappa shape index (κ3) is 4.00. The van der Waals surface area contributed by atoms with Crippen LogP contribution in [0.25, 0.3) is 11.5 Å². The lowest BCUT2D eigenvalue weighted by Crippen LogP contribution is -2.40. The zero-order valence-corrected chi connectivity index (χ0v) is 15.1. The first-order chi connectivity index (χ1) is 13.1. The predicted octanol–water partition coefficient (Wildman–Crippen LogP) is 3.35. The number of carbonyl (C=O) groups is 1. The smallest absolute Gasteiger partial charge is 0.255 e. The minimum Gasteiger partial charge on any atom is -0.357 e. The summed E-state index contributed by atoms with van der Waals surface area (Å²) in [6, 6.07) is 4.38. The third-order valence-corrected chi connectivity index (χ3v) is 4.82. The average Bonchev–Trinajstić information content (AvgIpc) is 3.31. The van der Waals surface area contributed by atoms with E-state index in [9.17, 15) is 9.18 Å². The van der Waals surface area contributed by atoms with Gasteiger partial charge < -0.3 is 14.4 Å². The Balaban J connectivity index is 1.40. The summed E-state index contributed by atoms with van der Waals surface area (Å²) in [6.07, 6.45) is 5.37. The molecule has 0 spiro atoms. The fraction of sp³-hybridized carbons (Fsp3) is 0.333. The molecule has 1 amide bonds. The molecule has 0 bridgehead atoms. The number of nitrogens with one attached hydrogen (secondary N) is 1. The highest BCUT2D eigenvalue weighted by atomic mass is 35.5. The lowest BCUT2D eigenvalue weighted by atomic mass is 9.94. The number of aromatic nitrogens is 4. The number of hydrogen-bond acceptors (Lipinski definition) is 5. The Morgan fingerprint density at radius 2 is 2.33 bits per heavy atom. The molecule has 4 rings (SSSR count). The van der Waals surface area contributed by atoms with Gasteiger partial charge in [-0.2, -0.15) is 9.37 Å². The number of H-pyrrole nitrogens is 1. The van der Waals surface area contributed by atoms with Gasteiger partial charge in [0.2, 0.25) is 17.7 Å². The van der Waals surface area contributed by atoms with E-state index >= 15 is 0 Å². The number of halogens is 2. The quantitative estimate of drug-likeness (QED) is 0.691. The van der Waals surface area contributed by atoms with Crippen LogP contribution < -0.4 is 0 Å². The second kappa shape index (κ2) is 7.48. The second-order valence-corrected chi connectivity index (χ2v) is 7.01. The van der Waals surface area contributed by atoms with Crippen LogP contribution in [0, 0.1) is 11.9 Å². The van der Waals surface area contributed by atoms with Crippen molar-refractivity contribution < 1.29 is 13.7 Å². The minimum atomic E-state index is -0.598. The molecule has 3 aromatic heterocycles. The Morgan fingerprint density at radius 1 is 1.44 bits per heavy atom. The highest BCUT2D eigenvalue weighted by molar-refractivity contribution is 6.30. The van der Waals surface area contributed by atoms with E-state index in [2.05, 4.69) is 20.1 Å². The van der Waals surface area contributed by atoms with Crippen molar-refractivity contribution in [1.82, 2.24) is 25.0 Å². The zero-order chi connectivity index (χ0) is 18.8. The molecule has 140 valence electrons. The van der Waals surface area contributed by atoms with E-state index in [0.29, 0.717) is 47.5 Å². The summed E-state index contributed by atoms with van der Waals surface area (Å²) in [5.41, 5.74) is 1.08. The van der Waals surface area contributed by atoms with Gasteiger partial charge in [0.1, 0.15) is 0 Å². The van der Waals surface area contributed by atoms with Gasteiger partial charge in [-0.15, -0.1) is 0 Å². The molecule has 0 unspecified atom stereocenters. The van der Waals surface area contributed by atoms with Crippen LogP contribution >= 0.6 is 11.6 Å². The molecule has 0 aromatic carbocycles. The second-order valence-electron chi connectivity index (χ2n) is 6.58. The van der Waals surface area contributed by atoms with Crippen molar-refractivity contribution in [2.75, 3.05) is 13.1 Å². The van der Waals surface area contributed by atoms with Gasteiger partial charge in [0.25, 0.3) is 5.91 Å². The number of rotatable bonds is 4. The molecule has 1 aliphatic heterocycles. The number of piperidine rings is 1. The summed E-state index contributed by atoms with van der Waals surface area (Å²) >= 11 is 5.90. The topological polar surface area (TPSA) is 87.9 Å². The predicted molar refractivity (Wildman–Crippen MR) is 95.6 cm³/mol. The molecule has 1 saturated heterocycles. The van der Waals surface area contributed by atoms with Crippen LogP contribution in [-0.4, -0.2) is 44.0 Å². The molecule has 3 aromatic rings. The van der Waals surface area contributed by atoms with Gasteiger partial charge in [0.15, 0.2) is 0 Å². The summed E-state index contributed by atoms with van der Waals surface area (Å²) in [5.74, 6) is 0.464. The van der Waals surface area contributed by atoms with E-state index < -0.39 is 5.95 Å². The number of aromatic amines is 1. The Bertz CT molecular complexity index is 939. The Labute approximate surface area is 159 Å². The van der Waals surface area contributed by atoms with Crippen LogP contribution in [0.4, 0.5) is 4.39 Å². The summed E-state index contributed by atoms with van der Waals surface area (Å²) < 4.78 is 18.3. The maximum Gasteiger partial charge on any atom is 0.255 e. The Hall–Kier alpha value is -2.74. The van der Waals surface area contributed by atoms with E-state index in [1.165, 1.54) is 18.3 Å². The van der Waals surface area contributed by atoms with E-state index in [1.807, 2.05) is 0 Å². The standard InChI is InChI=1S/C18H17ClFN5O2/c19-13-7-14(21-9-13)17-23-16(27-24-17)6-11-2-1-5-25(10-11)18(26)12-3-4-15(20)22-8-12/h3-4,7-9,11,21H,1-2,5-6,10H2/t11-/m1/s1. The molecule has 7 nitrogen and oxygen atoms in total. The first kappa shape index (κ1) is 17.7. The fourth-order valence-corrected chi connectivity index (χ4v) is 3.46. The van der Waals surface area contributed by atoms with Crippen molar-refractivity contribution in [3.8, 4) is 11.5 Å². The molecule has 0 aliphatic carbocycles.